The number of benzene rings is 4. The second-order valence-electron chi connectivity index (χ2n) is 13.3. The summed E-state index contributed by atoms with van der Waals surface area (Å²) in [6.07, 6.45) is 16.2. The van der Waals surface area contributed by atoms with Crippen molar-refractivity contribution in [2.75, 3.05) is 0 Å². The molecular formula is C42H54CaO10S2. The van der Waals surface area contributed by atoms with Crippen LogP contribution in [0.2, 0.25) is 0 Å². The van der Waals surface area contributed by atoms with Gasteiger partial charge in [-0.05, 0) is 79.8 Å². The van der Waals surface area contributed by atoms with E-state index in [0.29, 0.717) is 41.4 Å². The van der Waals surface area contributed by atoms with Crippen LogP contribution in [0.25, 0.3) is 0 Å². The first-order valence-corrected chi connectivity index (χ1v) is 21.8. The second kappa shape index (κ2) is 25.4. The molecule has 0 fully saturated rings. The zero-order valence-corrected chi connectivity index (χ0v) is 35.9. The van der Waals surface area contributed by atoms with E-state index in [-0.39, 0.29) is 43.3 Å². The number of phenolic OH excluding ortho intramolecular Hbond substituents is 1. The Morgan fingerprint density at radius 2 is 0.927 bits per heavy atom. The third-order valence-corrected chi connectivity index (χ3v) is 10.7. The molecule has 0 radical (unpaired) electrons. The molecule has 0 spiro atoms. The Hall–Kier alpha value is -2.84. The molecule has 4 rings (SSSR count). The number of hydrogen-bond acceptors (Lipinski definition) is 9. The van der Waals surface area contributed by atoms with Crippen molar-refractivity contribution in [3.05, 3.63) is 96.1 Å². The van der Waals surface area contributed by atoms with Crippen LogP contribution in [-0.2, 0) is 33.1 Å². The predicted octanol–water partition coefficient (Wildman–Crippen LogP) is 10.1. The van der Waals surface area contributed by atoms with Crippen molar-refractivity contribution in [1.29, 1.82) is 0 Å². The van der Waals surface area contributed by atoms with Crippen LogP contribution in [0.1, 0.15) is 115 Å². The minimum Gasteiger partial charge on any atom is -0.871 e. The first kappa shape index (κ1) is 48.3. The van der Waals surface area contributed by atoms with Gasteiger partial charge in [0.2, 0.25) is 0 Å². The molecule has 0 atom stereocenters. The number of phenols is 1. The van der Waals surface area contributed by atoms with Crippen LogP contribution in [0.3, 0.4) is 0 Å². The summed E-state index contributed by atoms with van der Waals surface area (Å²) in [5, 5.41) is 23.0. The molecule has 0 aliphatic carbocycles. The van der Waals surface area contributed by atoms with Crippen molar-refractivity contribution in [1.82, 2.24) is 0 Å². The largest absolute Gasteiger partial charge is 2.00 e. The molecule has 0 aromatic heterocycles. The van der Waals surface area contributed by atoms with Gasteiger partial charge in [-0.2, -0.15) is 8.42 Å². The van der Waals surface area contributed by atoms with Gasteiger partial charge in [-0.1, -0.05) is 133 Å². The Bertz CT molecular complexity index is 1780. The minimum absolute atomic E-state index is 0. The number of aromatic hydroxyl groups is 1. The van der Waals surface area contributed by atoms with Crippen molar-refractivity contribution in [3.63, 3.8) is 0 Å². The van der Waals surface area contributed by atoms with E-state index in [4.69, 9.17) is 9.47 Å². The first-order chi connectivity index (χ1) is 25.9. The summed E-state index contributed by atoms with van der Waals surface area (Å²) in [4.78, 5) is -1.19. The zero-order chi connectivity index (χ0) is 39.4. The van der Waals surface area contributed by atoms with E-state index in [0.717, 1.165) is 57.1 Å². The fourth-order valence-corrected chi connectivity index (χ4v) is 7.20. The maximum atomic E-state index is 12.6. The summed E-state index contributed by atoms with van der Waals surface area (Å²) >= 11 is 0. The van der Waals surface area contributed by atoms with Crippen molar-refractivity contribution < 1.29 is 45.6 Å². The molecule has 10 nitrogen and oxygen atoms in total. The molecule has 296 valence electrons. The molecule has 0 aliphatic rings. The van der Waals surface area contributed by atoms with Crippen molar-refractivity contribution in [2.24, 2.45) is 0 Å². The zero-order valence-electron chi connectivity index (χ0n) is 32.1. The minimum atomic E-state index is -4.81. The Balaban J connectivity index is 0.000000373. The Morgan fingerprint density at radius 3 is 1.35 bits per heavy atom. The number of ether oxygens (including phenoxy) is 2. The predicted molar refractivity (Wildman–Crippen MR) is 214 cm³/mol. The van der Waals surface area contributed by atoms with E-state index in [1.165, 1.54) is 57.1 Å². The summed E-state index contributed by atoms with van der Waals surface area (Å²) in [7, 11) is -9.31. The van der Waals surface area contributed by atoms with Gasteiger partial charge in [0.1, 0.15) is 43.8 Å². The fourth-order valence-electron chi connectivity index (χ4n) is 6.01. The van der Waals surface area contributed by atoms with Crippen LogP contribution in [0.15, 0.2) is 94.7 Å². The third-order valence-electron chi connectivity index (χ3n) is 8.93. The van der Waals surface area contributed by atoms with Crippen molar-refractivity contribution in [3.8, 4) is 34.5 Å². The monoisotopic (exact) mass is 822 g/mol. The van der Waals surface area contributed by atoms with Crippen LogP contribution in [0.5, 0.6) is 34.5 Å². The SMILES string of the molecule is CCCCCCCCCc1c(Oc2ccccc2)ccc(S(=O)(=O)O)c1O.CCCCCCCCCc1c(Oc2ccccc2)ccc(S(=O)(=O)[O-])c1[O-].[Ca+2]. The van der Waals surface area contributed by atoms with Crippen LogP contribution in [-0.4, -0.2) is 68.8 Å². The number of unbranched alkanes of at least 4 members (excludes halogenated alkanes) is 12. The van der Waals surface area contributed by atoms with E-state index in [1.807, 2.05) is 24.3 Å². The Labute approximate surface area is 357 Å². The molecule has 4 aromatic rings. The van der Waals surface area contributed by atoms with E-state index in [9.17, 15) is 36.2 Å². The average Bonchev–Trinajstić information content (AvgIpc) is 3.13. The van der Waals surface area contributed by atoms with Gasteiger partial charge in [-0.15, -0.1) is 0 Å². The molecule has 0 unspecified atom stereocenters. The second-order valence-corrected chi connectivity index (χ2v) is 16.0. The molecule has 0 saturated heterocycles. The molecule has 0 bridgehead atoms. The summed E-state index contributed by atoms with van der Waals surface area (Å²) in [6, 6.07) is 23.1. The standard InChI is InChI=1S/2C21H28O5S.Ca/c2*1-2-3-4-5-6-7-11-14-18-19(26-17-12-9-8-10-13-17)15-16-20(21(18)22)27(23,24)25;/h2*8-10,12-13,15-16,22H,2-7,11,14H2,1H3,(H,23,24,25);/q;;+2/p-2. The quantitative estimate of drug-likeness (QED) is 0.0441. The van der Waals surface area contributed by atoms with Crippen molar-refractivity contribution >= 4 is 58.0 Å². The van der Waals surface area contributed by atoms with Gasteiger partial charge in [-0.3, -0.25) is 4.55 Å². The Kier molecular flexibility index (Phi) is 22.3. The maximum Gasteiger partial charge on any atom is 2.00 e. The molecule has 0 saturated carbocycles. The summed E-state index contributed by atoms with van der Waals surface area (Å²) < 4.78 is 78.0. The molecular weight excluding hydrogens is 769 g/mol. The van der Waals surface area contributed by atoms with E-state index < -0.39 is 41.5 Å². The van der Waals surface area contributed by atoms with Crippen LogP contribution >= 0.6 is 0 Å². The number of hydrogen-bond donors (Lipinski definition) is 2. The number of rotatable bonds is 22. The van der Waals surface area contributed by atoms with Crippen molar-refractivity contribution in [2.45, 2.75) is 126 Å². The number of para-hydroxylation sites is 2. The summed E-state index contributed by atoms with van der Waals surface area (Å²) in [5.41, 5.74) is 0.659. The molecule has 0 heterocycles. The Morgan fingerprint density at radius 1 is 0.545 bits per heavy atom. The summed E-state index contributed by atoms with van der Waals surface area (Å²) in [5.74, 6) is 0.677. The van der Waals surface area contributed by atoms with E-state index in [2.05, 4.69) is 13.8 Å². The molecule has 55 heavy (non-hydrogen) atoms. The van der Waals surface area contributed by atoms with Gasteiger partial charge in [0, 0.05) is 10.5 Å². The molecule has 0 amide bonds. The maximum absolute atomic E-state index is 12.6. The fraction of sp³-hybridized carbons (Fsp3) is 0.429. The normalized spacial score (nSPS) is 11.3. The van der Waals surface area contributed by atoms with Crippen LogP contribution in [0.4, 0.5) is 0 Å². The van der Waals surface area contributed by atoms with Gasteiger partial charge in [0.15, 0.2) is 0 Å². The summed E-state index contributed by atoms with van der Waals surface area (Å²) in [6.45, 7) is 4.35. The topological polar surface area (TPSA) is 173 Å². The van der Waals surface area contributed by atoms with Gasteiger partial charge < -0.3 is 24.2 Å². The molecule has 2 N–H and O–H groups in total. The smallest absolute Gasteiger partial charge is 0.871 e. The third kappa shape index (κ3) is 17.0. The van der Waals surface area contributed by atoms with Gasteiger partial charge in [0.25, 0.3) is 10.1 Å². The molecule has 4 aromatic carbocycles. The van der Waals surface area contributed by atoms with Gasteiger partial charge >= 0.3 is 37.7 Å². The molecule has 13 heteroatoms. The first-order valence-electron chi connectivity index (χ1n) is 18.9. The van der Waals surface area contributed by atoms with E-state index >= 15 is 0 Å². The average molecular weight is 823 g/mol. The van der Waals surface area contributed by atoms with Crippen LogP contribution in [0, 0.1) is 0 Å². The molecule has 0 aliphatic heterocycles. The van der Waals surface area contributed by atoms with Crippen LogP contribution < -0.4 is 14.6 Å². The van der Waals surface area contributed by atoms with Gasteiger partial charge in [-0.25, -0.2) is 8.42 Å². The van der Waals surface area contributed by atoms with E-state index in [1.54, 1.807) is 36.4 Å². The van der Waals surface area contributed by atoms with Gasteiger partial charge in [0.05, 0.1) is 0 Å².